The second kappa shape index (κ2) is 7.58. The Morgan fingerprint density at radius 2 is 1.48 bits per heavy atom. The van der Waals surface area contributed by atoms with Crippen LogP contribution in [-0.4, -0.2) is 94.3 Å². The minimum absolute atomic E-state index is 0.962. The summed E-state index contributed by atoms with van der Waals surface area (Å²) in [5.41, 5.74) is -3.05. The number of hydrogen-bond donors (Lipinski definition) is 9. The van der Waals surface area contributed by atoms with Crippen LogP contribution in [0.1, 0.15) is 6.42 Å². The summed E-state index contributed by atoms with van der Waals surface area (Å²) in [6, 6.07) is 0. The molecule has 21 heavy (non-hydrogen) atoms. The van der Waals surface area contributed by atoms with Crippen LogP contribution in [0.15, 0.2) is 0 Å². The van der Waals surface area contributed by atoms with Gasteiger partial charge in [-0.2, -0.15) is 0 Å². The van der Waals surface area contributed by atoms with E-state index < -0.39 is 62.8 Å². The third-order valence-corrected chi connectivity index (χ3v) is 3.67. The van der Waals surface area contributed by atoms with Gasteiger partial charge in [-0.15, -0.1) is 0 Å². The van der Waals surface area contributed by atoms with Crippen molar-refractivity contribution in [3.63, 3.8) is 0 Å². The van der Waals surface area contributed by atoms with Crippen LogP contribution in [0.25, 0.3) is 0 Å². The summed E-state index contributed by atoms with van der Waals surface area (Å²) in [7, 11) is -4.95. The highest BCUT2D eigenvalue weighted by Gasteiger charge is 2.46. The molecule has 0 fully saturated rings. The van der Waals surface area contributed by atoms with E-state index in [0.29, 0.717) is 0 Å². The molecule has 0 unspecified atom stereocenters. The first kappa shape index (κ1) is 20.4. The normalized spacial score (nSPS) is 21.1. The van der Waals surface area contributed by atoms with Gasteiger partial charge in [0.1, 0.15) is 18.3 Å². The van der Waals surface area contributed by atoms with Gasteiger partial charge in [-0.25, -0.2) is 4.79 Å². The Balaban J connectivity index is 5.02. The topological polar surface area (TPSA) is 216 Å². The van der Waals surface area contributed by atoms with Gasteiger partial charge >= 0.3 is 13.6 Å². The van der Waals surface area contributed by atoms with Crippen molar-refractivity contribution in [3.05, 3.63) is 0 Å². The number of aliphatic hydroxyl groups is 6. The molecule has 0 amide bonds. The van der Waals surface area contributed by atoms with Crippen molar-refractivity contribution >= 4 is 13.6 Å². The van der Waals surface area contributed by atoms with E-state index >= 15 is 0 Å². The van der Waals surface area contributed by atoms with Gasteiger partial charge in [0, 0.05) is 6.42 Å². The molecule has 0 bridgehead atoms. The molecular weight excluding hydrogens is 315 g/mol. The molecule has 0 aromatic carbocycles. The zero-order valence-electron chi connectivity index (χ0n) is 10.7. The van der Waals surface area contributed by atoms with E-state index in [1.807, 2.05) is 0 Å². The molecule has 0 saturated carbocycles. The van der Waals surface area contributed by atoms with Crippen molar-refractivity contribution in [1.29, 1.82) is 0 Å². The molecule has 0 heterocycles. The van der Waals surface area contributed by atoms with Crippen molar-refractivity contribution in [2.75, 3.05) is 12.8 Å². The van der Waals surface area contributed by atoms with Gasteiger partial charge in [0.2, 0.25) is 0 Å². The largest absolute Gasteiger partial charge is 0.479 e. The maximum atomic E-state index is 10.9. The van der Waals surface area contributed by atoms with Crippen LogP contribution in [-0.2, 0) is 9.36 Å². The number of hydrogen-bond acceptors (Lipinski definition) is 8. The average Bonchev–Trinajstić information content (AvgIpc) is 2.33. The first-order valence-electron chi connectivity index (χ1n) is 5.67. The molecule has 0 aliphatic heterocycles. The van der Waals surface area contributed by atoms with Gasteiger partial charge in [-0.05, 0) is 0 Å². The molecule has 9 N–H and O–H groups in total. The number of aliphatic carboxylic acids is 1. The zero-order chi connectivity index (χ0) is 17.0. The van der Waals surface area contributed by atoms with E-state index in [4.69, 9.17) is 25.1 Å². The SMILES string of the molecule is O=C(O)[C@](O)(C[C@@H](O)[C@@H](O)[C@H](O)[C@H](O)CO)CP(=O)(O)O. The number of rotatable bonds is 9. The first-order valence-corrected chi connectivity index (χ1v) is 7.47. The Bertz CT molecular complexity index is 395. The summed E-state index contributed by atoms with van der Waals surface area (Å²) in [5.74, 6) is -2.05. The molecule has 11 nitrogen and oxygen atoms in total. The second-order valence-electron chi connectivity index (χ2n) is 4.66. The van der Waals surface area contributed by atoms with Crippen LogP contribution in [0.3, 0.4) is 0 Å². The van der Waals surface area contributed by atoms with Gasteiger partial charge in [-0.1, -0.05) is 0 Å². The molecule has 126 valence electrons. The highest BCUT2D eigenvalue weighted by Crippen LogP contribution is 2.40. The molecule has 0 aromatic rings. The fourth-order valence-electron chi connectivity index (χ4n) is 1.59. The Hall–Kier alpha value is -0.620. The number of carboxylic acid groups (broad SMARTS) is 1. The summed E-state index contributed by atoms with van der Waals surface area (Å²) in [5, 5.41) is 64.4. The predicted octanol–water partition coefficient (Wildman–Crippen LogP) is -4.19. The highest BCUT2D eigenvalue weighted by molar-refractivity contribution is 7.51. The molecular formula is C9H19O11P. The fourth-order valence-corrected chi connectivity index (χ4v) is 2.54. The molecule has 0 aliphatic rings. The monoisotopic (exact) mass is 334 g/mol. The maximum Gasteiger partial charge on any atom is 0.336 e. The van der Waals surface area contributed by atoms with Crippen LogP contribution >= 0.6 is 7.60 Å². The number of aliphatic hydroxyl groups excluding tert-OH is 5. The number of carboxylic acids is 1. The van der Waals surface area contributed by atoms with Gasteiger partial charge in [0.05, 0.1) is 18.9 Å². The molecule has 0 aliphatic carbocycles. The van der Waals surface area contributed by atoms with E-state index in [9.17, 15) is 29.8 Å². The quantitative estimate of drug-likeness (QED) is 0.184. The lowest BCUT2D eigenvalue weighted by Gasteiger charge is -2.31. The molecule has 0 saturated heterocycles. The van der Waals surface area contributed by atoms with Crippen molar-refractivity contribution in [2.45, 2.75) is 36.4 Å². The lowest BCUT2D eigenvalue weighted by Crippen LogP contribution is -2.51. The fraction of sp³-hybridized carbons (Fsp3) is 0.889. The van der Waals surface area contributed by atoms with E-state index in [1.54, 1.807) is 0 Å². The molecule has 0 spiro atoms. The first-order chi connectivity index (χ1) is 9.34. The van der Waals surface area contributed by atoms with Crippen molar-refractivity contribution in [3.8, 4) is 0 Å². The summed E-state index contributed by atoms with van der Waals surface area (Å²) < 4.78 is 10.8. The molecule has 5 atom stereocenters. The lowest BCUT2D eigenvalue weighted by molar-refractivity contribution is -0.165. The molecule has 12 heteroatoms. The highest BCUT2D eigenvalue weighted by atomic mass is 31.2. The van der Waals surface area contributed by atoms with Crippen molar-refractivity contribution in [2.24, 2.45) is 0 Å². The Labute approximate surface area is 118 Å². The third-order valence-electron chi connectivity index (χ3n) is 2.74. The predicted molar refractivity (Wildman–Crippen MR) is 65.2 cm³/mol. The smallest absolute Gasteiger partial charge is 0.336 e. The van der Waals surface area contributed by atoms with Crippen LogP contribution < -0.4 is 0 Å². The Morgan fingerprint density at radius 1 is 1.05 bits per heavy atom. The van der Waals surface area contributed by atoms with E-state index in [1.165, 1.54) is 0 Å². The van der Waals surface area contributed by atoms with Crippen molar-refractivity contribution in [1.82, 2.24) is 0 Å². The summed E-state index contributed by atoms with van der Waals surface area (Å²) >= 11 is 0. The lowest BCUT2D eigenvalue weighted by atomic mass is 9.92. The molecule has 0 rings (SSSR count). The van der Waals surface area contributed by atoms with E-state index in [2.05, 4.69) is 0 Å². The summed E-state index contributed by atoms with van der Waals surface area (Å²) in [6.07, 6.45) is -10.9. The van der Waals surface area contributed by atoms with Crippen LogP contribution in [0.2, 0.25) is 0 Å². The standard InChI is InChI=1S/C9H19O11P/c10-2-5(12)7(14)6(13)4(11)1-9(17,8(15)16)3-21(18,19)20/h4-7,10-14,17H,1-3H2,(H,15,16)(H2,18,19,20)/t4-,5-,6-,7-,9+/m1/s1. The minimum atomic E-state index is -4.95. The van der Waals surface area contributed by atoms with Gasteiger partial charge in [0.15, 0.2) is 5.60 Å². The van der Waals surface area contributed by atoms with Gasteiger partial charge < -0.3 is 45.5 Å². The molecule has 0 aromatic heterocycles. The third kappa shape index (κ3) is 6.34. The van der Waals surface area contributed by atoms with Gasteiger partial charge in [0.25, 0.3) is 0 Å². The van der Waals surface area contributed by atoms with E-state index in [-0.39, 0.29) is 0 Å². The summed E-state index contributed by atoms with van der Waals surface area (Å²) in [6.45, 7) is -0.962. The maximum absolute atomic E-state index is 10.9. The van der Waals surface area contributed by atoms with Crippen molar-refractivity contribution < 1.29 is 54.9 Å². The zero-order valence-corrected chi connectivity index (χ0v) is 11.6. The van der Waals surface area contributed by atoms with Crippen LogP contribution in [0.4, 0.5) is 0 Å². The molecule has 0 radical (unpaired) electrons. The summed E-state index contributed by atoms with van der Waals surface area (Å²) in [4.78, 5) is 28.3. The Kier molecular flexibility index (Phi) is 7.36. The minimum Gasteiger partial charge on any atom is -0.479 e. The Morgan fingerprint density at radius 3 is 1.81 bits per heavy atom. The van der Waals surface area contributed by atoms with Crippen LogP contribution in [0.5, 0.6) is 0 Å². The van der Waals surface area contributed by atoms with Gasteiger partial charge in [-0.3, -0.25) is 4.57 Å². The number of carbonyl (C=O) groups is 1. The van der Waals surface area contributed by atoms with Crippen LogP contribution in [0, 0.1) is 0 Å². The van der Waals surface area contributed by atoms with E-state index in [0.717, 1.165) is 0 Å². The average molecular weight is 334 g/mol. The second-order valence-corrected chi connectivity index (χ2v) is 6.31.